The highest BCUT2D eigenvalue weighted by Crippen LogP contribution is 2.44. The monoisotopic (exact) mass is 431 g/mol. The Labute approximate surface area is 192 Å². The Balaban J connectivity index is 1.31. The second-order valence-corrected chi connectivity index (χ2v) is 10.2. The first-order chi connectivity index (χ1) is 15.3. The Kier molecular flexibility index (Phi) is 6.99. The fourth-order valence-corrected chi connectivity index (χ4v) is 4.55. The molecule has 1 saturated carbocycles. The van der Waals surface area contributed by atoms with Crippen LogP contribution in [0.1, 0.15) is 55.0 Å². The first kappa shape index (κ1) is 23.0. The maximum absolute atomic E-state index is 10.7. The van der Waals surface area contributed by atoms with Crippen molar-refractivity contribution >= 4 is 10.8 Å². The molecule has 0 aromatic heterocycles. The third kappa shape index (κ3) is 5.78. The number of benzene rings is 3. The van der Waals surface area contributed by atoms with Crippen molar-refractivity contribution in [3.05, 3.63) is 82.9 Å². The van der Waals surface area contributed by atoms with Gasteiger partial charge in [-0.3, -0.25) is 0 Å². The molecule has 0 bridgehead atoms. The molecule has 3 nitrogen and oxygen atoms in total. The minimum absolute atomic E-state index is 0.0927. The number of hydrogen-bond donors (Lipinski definition) is 2. The quantitative estimate of drug-likeness (QED) is 0.420. The van der Waals surface area contributed by atoms with Crippen molar-refractivity contribution in [2.75, 3.05) is 13.2 Å². The van der Waals surface area contributed by atoms with Crippen LogP contribution >= 0.6 is 0 Å². The van der Waals surface area contributed by atoms with Gasteiger partial charge >= 0.3 is 0 Å². The minimum Gasteiger partial charge on any atom is -0.389 e. The molecule has 1 aliphatic rings. The SMILES string of the molecule is Cc1cccc(C(OC[C@H](O)CNC(C)(C)Cc2ccc3ccccc3c2)C2CC2)c1C. The van der Waals surface area contributed by atoms with E-state index in [0.29, 0.717) is 19.1 Å². The van der Waals surface area contributed by atoms with E-state index in [0.717, 1.165) is 6.42 Å². The van der Waals surface area contributed by atoms with Crippen LogP contribution in [-0.2, 0) is 11.2 Å². The normalized spacial score (nSPS) is 16.3. The first-order valence-electron chi connectivity index (χ1n) is 11.9. The largest absolute Gasteiger partial charge is 0.389 e. The molecule has 4 rings (SSSR count). The van der Waals surface area contributed by atoms with Crippen molar-refractivity contribution in [3.8, 4) is 0 Å². The number of nitrogens with one attached hydrogen (secondary N) is 1. The third-order valence-corrected chi connectivity index (χ3v) is 6.75. The summed E-state index contributed by atoms with van der Waals surface area (Å²) in [6.07, 6.45) is 2.89. The summed E-state index contributed by atoms with van der Waals surface area (Å²) in [4.78, 5) is 0. The Bertz CT molecular complexity index is 1050. The zero-order valence-electron chi connectivity index (χ0n) is 19.9. The zero-order valence-corrected chi connectivity index (χ0v) is 19.9. The zero-order chi connectivity index (χ0) is 22.7. The molecule has 3 aromatic carbocycles. The molecular weight excluding hydrogens is 394 g/mol. The van der Waals surface area contributed by atoms with Crippen LogP contribution in [0.3, 0.4) is 0 Å². The van der Waals surface area contributed by atoms with Crippen LogP contribution in [0, 0.1) is 19.8 Å². The van der Waals surface area contributed by atoms with Crippen molar-refractivity contribution < 1.29 is 9.84 Å². The molecule has 1 fully saturated rings. The van der Waals surface area contributed by atoms with E-state index in [9.17, 15) is 5.11 Å². The molecule has 0 amide bonds. The number of ether oxygens (including phenoxy) is 1. The van der Waals surface area contributed by atoms with E-state index in [1.54, 1.807) is 0 Å². The van der Waals surface area contributed by atoms with Gasteiger partial charge in [0.25, 0.3) is 0 Å². The second-order valence-electron chi connectivity index (χ2n) is 10.2. The minimum atomic E-state index is -0.530. The number of aryl methyl sites for hydroxylation is 1. The van der Waals surface area contributed by atoms with E-state index in [1.807, 2.05) is 0 Å². The molecule has 2 N–H and O–H groups in total. The Morgan fingerprint density at radius 2 is 1.75 bits per heavy atom. The van der Waals surface area contributed by atoms with E-state index >= 15 is 0 Å². The maximum atomic E-state index is 10.7. The lowest BCUT2D eigenvalue weighted by molar-refractivity contribution is -0.0214. The van der Waals surface area contributed by atoms with Gasteiger partial charge in [0.1, 0.15) is 0 Å². The van der Waals surface area contributed by atoms with Crippen LogP contribution in [0.5, 0.6) is 0 Å². The number of aliphatic hydroxyl groups excluding tert-OH is 1. The van der Waals surface area contributed by atoms with Crippen LogP contribution < -0.4 is 5.32 Å². The van der Waals surface area contributed by atoms with Crippen LogP contribution in [0.25, 0.3) is 10.8 Å². The molecule has 0 aliphatic heterocycles. The summed E-state index contributed by atoms with van der Waals surface area (Å²) < 4.78 is 6.29. The summed E-state index contributed by atoms with van der Waals surface area (Å²) in [5.41, 5.74) is 5.08. The molecule has 170 valence electrons. The van der Waals surface area contributed by atoms with Crippen LogP contribution in [0.4, 0.5) is 0 Å². The molecule has 1 aliphatic carbocycles. The van der Waals surface area contributed by atoms with Gasteiger partial charge in [-0.05, 0) is 85.9 Å². The van der Waals surface area contributed by atoms with E-state index in [2.05, 4.69) is 93.7 Å². The highest BCUT2D eigenvalue weighted by Gasteiger charge is 2.34. The molecule has 3 heteroatoms. The number of β-amino-alcohol motifs (C(OH)–C–C–N with tert-alkyl or cyclic N) is 1. The van der Waals surface area contributed by atoms with Gasteiger partial charge in [0.15, 0.2) is 0 Å². The van der Waals surface area contributed by atoms with E-state index in [4.69, 9.17) is 4.74 Å². The first-order valence-corrected chi connectivity index (χ1v) is 11.9. The molecular formula is C29H37NO2. The van der Waals surface area contributed by atoms with Crippen LogP contribution in [-0.4, -0.2) is 29.9 Å². The fraction of sp³-hybridized carbons (Fsp3) is 0.448. The van der Waals surface area contributed by atoms with E-state index in [1.165, 1.54) is 45.9 Å². The molecule has 0 spiro atoms. The lowest BCUT2D eigenvalue weighted by Crippen LogP contribution is -2.46. The summed E-state index contributed by atoms with van der Waals surface area (Å²) in [5.74, 6) is 0.583. The van der Waals surface area contributed by atoms with Gasteiger partial charge in [-0.25, -0.2) is 0 Å². The highest BCUT2D eigenvalue weighted by molar-refractivity contribution is 5.83. The molecule has 0 heterocycles. The number of hydrogen-bond acceptors (Lipinski definition) is 3. The average Bonchev–Trinajstić information content (AvgIpc) is 3.60. The summed E-state index contributed by atoms with van der Waals surface area (Å²) in [7, 11) is 0. The molecule has 0 radical (unpaired) electrons. The van der Waals surface area contributed by atoms with Crippen molar-refractivity contribution in [1.82, 2.24) is 5.32 Å². The molecule has 32 heavy (non-hydrogen) atoms. The molecule has 2 atom stereocenters. The fourth-order valence-electron chi connectivity index (χ4n) is 4.55. The van der Waals surface area contributed by atoms with Gasteiger partial charge < -0.3 is 15.2 Å². The number of aliphatic hydroxyl groups is 1. The lowest BCUT2D eigenvalue weighted by Gasteiger charge is -2.29. The van der Waals surface area contributed by atoms with Crippen molar-refractivity contribution in [2.24, 2.45) is 5.92 Å². The number of rotatable bonds is 10. The number of fused-ring (bicyclic) bond motifs is 1. The molecule has 0 saturated heterocycles. The smallest absolute Gasteiger partial charge is 0.0898 e. The summed E-state index contributed by atoms with van der Waals surface area (Å²) in [5, 5.41) is 16.7. The third-order valence-electron chi connectivity index (χ3n) is 6.75. The van der Waals surface area contributed by atoms with Gasteiger partial charge in [0, 0.05) is 12.1 Å². The molecule has 1 unspecified atom stereocenters. The van der Waals surface area contributed by atoms with E-state index < -0.39 is 6.10 Å². The summed E-state index contributed by atoms with van der Waals surface area (Å²) in [6.45, 7) is 9.59. The maximum Gasteiger partial charge on any atom is 0.0898 e. The lowest BCUT2D eigenvalue weighted by atomic mass is 9.93. The van der Waals surface area contributed by atoms with Crippen LogP contribution in [0.15, 0.2) is 60.7 Å². The Morgan fingerprint density at radius 3 is 2.50 bits per heavy atom. The summed E-state index contributed by atoms with van der Waals surface area (Å²) in [6, 6.07) is 21.6. The standard InChI is InChI=1S/C29H37NO2/c1-20-8-7-11-27(21(20)2)28(24-14-15-24)32-19-26(31)18-30-29(3,4)17-22-12-13-23-9-5-6-10-25(23)16-22/h5-13,16,24,26,28,30-31H,14-15,17-19H2,1-4H3/t26-,28?/m1/s1. The second kappa shape index (κ2) is 9.74. The van der Waals surface area contributed by atoms with Crippen LogP contribution in [0.2, 0.25) is 0 Å². The Hall–Kier alpha value is -2.20. The van der Waals surface area contributed by atoms with Gasteiger partial charge in [-0.1, -0.05) is 60.7 Å². The van der Waals surface area contributed by atoms with Crippen molar-refractivity contribution in [3.63, 3.8) is 0 Å². The van der Waals surface area contributed by atoms with Crippen molar-refractivity contribution in [2.45, 2.75) is 64.7 Å². The van der Waals surface area contributed by atoms with Gasteiger partial charge in [-0.2, -0.15) is 0 Å². The predicted molar refractivity (Wildman–Crippen MR) is 133 cm³/mol. The summed E-state index contributed by atoms with van der Waals surface area (Å²) >= 11 is 0. The highest BCUT2D eigenvalue weighted by atomic mass is 16.5. The van der Waals surface area contributed by atoms with Crippen molar-refractivity contribution in [1.29, 1.82) is 0 Å². The Morgan fingerprint density at radius 1 is 1.00 bits per heavy atom. The topological polar surface area (TPSA) is 41.5 Å². The van der Waals surface area contributed by atoms with Gasteiger partial charge in [-0.15, -0.1) is 0 Å². The average molecular weight is 432 g/mol. The van der Waals surface area contributed by atoms with E-state index in [-0.39, 0.29) is 11.6 Å². The predicted octanol–water partition coefficient (Wildman–Crippen LogP) is 5.90. The van der Waals surface area contributed by atoms with Gasteiger partial charge in [0.05, 0.1) is 18.8 Å². The van der Waals surface area contributed by atoms with Gasteiger partial charge in [0.2, 0.25) is 0 Å². The molecule has 3 aromatic rings.